The maximum atomic E-state index is 13.9. The lowest BCUT2D eigenvalue weighted by molar-refractivity contribution is -0.127. The Morgan fingerprint density at radius 2 is 1.83 bits per heavy atom. The quantitative estimate of drug-likeness (QED) is 0.270. The van der Waals surface area contributed by atoms with Crippen LogP contribution < -0.4 is 10.2 Å². The third-order valence-electron chi connectivity index (χ3n) is 5.64. The minimum Gasteiger partial charge on any atom is -0.383 e. The number of benzene rings is 2. The van der Waals surface area contributed by atoms with Gasteiger partial charge in [0, 0.05) is 37.3 Å². The van der Waals surface area contributed by atoms with Gasteiger partial charge >= 0.3 is 0 Å². The number of pyridine rings is 1. The zero-order valence-electron chi connectivity index (χ0n) is 20.0. The number of carbonyl (C=O) groups is 3. The lowest BCUT2D eigenvalue weighted by Crippen LogP contribution is -2.46. The predicted octanol–water partition coefficient (Wildman–Crippen LogP) is 2.57. The van der Waals surface area contributed by atoms with Gasteiger partial charge in [0.1, 0.15) is 18.1 Å². The maximum absolute atomic E-state index is 13.9. The number of hydrogen-bond donors (Lipinski definition) is 1. The number of nitrogens with one attached hydrogen (secondary N) is 1. The van der Waals surface area contributed by atoms with Crippen LogP contribution in [0.25, 0.3) is 11.0 Å². The number of para-hydroxylation sites is 1. The van der Waals surface area contributed by atoms with Crippen molar-refractivity contribution in [2.75, 3.05) is 25.2 Å². The average molecular weight is 487 g/mol. The van der Waals surface area contributed by atoms with E-state index in [1.165, 1.54) is 23.6 Å². The van der Waals surface area contributed by atoms with E-state index in [1.807, 2.05) is 18.2 Å². The van der Waals surface area contributed by atoms with E-state index in [2.05, 4.69) is 20.6 Å². The first-order valence-corrected chi connectivity index (χ1v) is 11.4. The van der Waals surface area contributed by atoms with Crippen molar-refractivity contribution >= 4 is 34.3 Å². The zero-order chi connectivity index (χ0) is 25.5. The Kier molecular flexibility index (Phi) is 7.76. The van der Waals surface area contributed by atoms with Crippen molar-refractivity contribution in [3.63, 3.8) is 0 Å². The highest BCUT2D eigenvalue weighted by molar-refractivity contribution is 6.03. The number of aromatic nitrogens is 4. The molecule has 0 aliphatic heterocycles. The Morgan fingerprint density at radius 1 is 1.06 bits per heavy atom. The van der Waals surface area contributed by atoms with Gasteiger partial charge in [0.15, 0.2) is 5.78 Å². The molecule has 2 amide bonds. The van der Waals surface area contributed by atoms with Crippen LogP contribution in [0, 0.1) is 0 Å². The van der Waals surface area contributed by atoms with Gasteiger partial charge in [-0.2, -0.15) is 0 Å². The smallest absolute Gasteiger partial charge is 0.249 e. The highest BCUT2D eigenvalue weighted by Gasteiger charge is 2.33. The third-order valence-corrected chi connectivity index (χ3v) is 5.64. The number of nitrogens with zero attached hydrogens (tertiary/aromatic N) is 5. The van der Waals surface area contributed by atoms with Gasteiger partial charge in [-0.25, -0.2) is 4.68 Å². The van der Waals surface area contributed by atoms with Crippen molar-refractivity contribution in [2.45, 2.75) is 19.5 Å². The first-order chi connectivity index (χ1) is 17.5. The number of hydrogen-bond acceptors (Lipinski definition) is 7. The molecule has 0 radical (unpaired) electrons. The van der Waals surface area contributed by atoms with Crippen LogP contribution in [0.5, 0.6) is 0 Å². The van der Waals surface area contributed by atoms with Crippen LogP contribution in [0.2, 0.25) is 0 Å². The molecule has 2 heterocycles. The van der Waals surface area contributed by atoms with Gasteiger partial charge in [-0.1, -0.05) is 29.5 Å². The second kappa shape index (κ2) is 11.3. The topological polar surface area (TPSA) is 119 Å². The van der Waals surface area contributed by atoms with Crippen molar-refractivity contribution in [3.8, 4) is 0 Å². The molecule has 0 unspecified atom stereocenters. The largest absolute Gasteiger partial charge is 0.383 e. The summed E-state index contributed by atoms with van der Waals surface area (Å²) in [5.41, 5.74) is 2.72. The van der Waals surface area contributed by atoms with E-state index in [9.17, 15) is 14.4 Å². The standard InChI is InChI=1S/C26H26N6O4/c1-18(33)20-6-5-7-21(16-20)32(24(34)17-31-23-9-4-3-8-22(23)29-30-31)25(19-10-12-27-13-11-19)26(35)28-14-15-36-2/h3-13,16,25H,14-15,17H2,1-2H3,(H,28,35)/t25-/m0/s1. The molecule has 0 aliphatic rings. The summed E-state index contributed by atoms with van der Waals surface area (Å²) in [6, 6.07) is 16.3. The van der Waals surface area contributed by atoms with E-state index < -0.39 is 17.9 Å². The fourth-order valence-corrected chi connectivity index (χ4v) is 3.89. The number of ether oxygens (including phenoxy) is 1. The van der Waals surface area contributed by atoms with E-state index in [1.54, 1.807) is 54.9 Å². The second-order valence-electron chi connectivity index (χ2n) is 8.07. The zero-order valence-corrected chi connectivity index (χ0v) is 20.0. The minimum atomic E-state index is -1.03. The van der Waals surface area contributed by atoms with Crippen LogP contribution >= 0.6 is 0 Å². The molecule has 10 heteroatoms. The Morgan fingerprint density at radius 3 is 2.58 bits per heavy atom. The van der Waals surface area contributed by atoms with Gasteiger partial charge in [0.25, 0.3) is 0 Å². The summed E-state index contributed by atoms with van der Waals surface area (Å²) in [5.74, 6) is -0.963. The number of ketones is 1. The first kappa shape index (κ1) is 24.7. The molecule has 0 bridgehead atoms. The number of amides is 2. The number of methoxy groups -OCH3 is 1. The van der Waals surface area contributed by atoms with Crippen molar-refractivity contribution < 1.29 is 19.1 Å². The summed E-state index contributed by atoms with van der Waals surface area (Å²) in [7, 11) is 1.54. The lowest BCUT2D eigenvalue weighted by atomic mass is 10.0. The molecular weight excluding hydrogens is 460 g/mol. The molecular formula is C26H26N6O4. The molecule has 1 N–H and O–H groups in total. The molecule has 2 aromatic carbocycles. The summed E-state index contributed by atoms with van der Waals surface area (Å²) in [6.45, 7) is 1.86. The summed E-state index contributed by atoms with van der Waals surface area (Å²) in [6.07, 6.45) is 3.12. The molecule has 36 heavy (non-hydrogen) atoms. The molecule has 4 aromatic rings. The van der Waals surface area contributed by atoms with Crippen LogP contribution in [0.3, 0.4) is 0 Å². The van der Waals surface area contributed by atoms with Gasteiger partial charge in [0.2, 0.25) is 11.8 Å². The summed E-state index contributed by atoms with van der Waals surface area (Å²) < 4.78 is 6.55. The van der Waals surface area contributed by atoms with Gasteiger partial charge in [-0.05, 0) is 48.9 Å². The van der Waals surface area contributed by atoms with Crippen LogP contribution in [0.15, 0.2) is 73.1 Å². The van der Waals surface area contributed by atoms with E-state index in [0.29, 0.717) is 34.5 Å². The summed E-state index contributed by atoms with van der Waals surface area (Å²) >= 11 is 0. The van der Waals surface area contributed by atoms with Gasteiger partial charge in [0.05, 0.1) is 12.1 Å². The van der Waals surface area contributed by atoms with Crippen LogP contribution in [0.1, 0.15) is 28.9 Å². The number of Topliss-reactive ketones (excluding diaryl/α,β-unsaturated/α-hetero) is 1. The van der Waals surface area contributed by atoms with Gasteiger partial charge in [-0.3, -0.25) is 24.3 Å². The van der Waals surface area contributed by atoms with Crippen molar-refractivity contribution in [3.05, 3.63) is 84.2 Å². The molecule has 2 aromatic heterocycles. The Labute approximate surface area is 207 Å². The molecule has 0 spiro atoms. The van der Waals surface area contributed by atoms with Crippen molar-refractivity contribution in [2.24, 2.45) is 0 Å². The maximum Gasteiger partial charge on any atom is 0.249 e. The molecule has 4 rings (SSSR count). The fraction of sp³-hybridized carbons (Fsp3) is 0.231. The normalized spacial score (nSPS) is 11.7. The molecule has 0 saturated carbocycles. The first-order valence-electron chi connectivity index (χ1n) is 11.4. The van der Waals surface area contributed by atoms with Gasteiger partial charge in [-0.15, -0.1) is 5.10 Å². The van der Waals surface area contributed by atoms with E-state index in [0.717, 1.165) is 0 Å². The number of carbonyl (C=O) groups excluding carboxylic acids is 3. The number of fused-ring (bicyclic) bond motifs is 1. The highest BCUT2D eigenvalue weighted by atomic mass is 16.5. The van der Waals surface area contributed by atoms with Crippen molar-refractivity contribution in [1.82, 2.24) is 25.3 Å². The van der Waals surface area contributed by atoms with Crippen LogP contribution in [-0.2, 0) is 20.9 Å². The second-order valence-corrected chi connectivity index (χ2v) is 8.07. The molecule has 1 atom stereocenters. The molecule has 184 valence electrons. The molecule has 0 aliphatic carbocycles. The molecule has 0 saturated heterocycles. The van der Waals surface area contributed by atoms with Crippen LogP contribution in [-0.4, -0.2) is 57.8 Å². The molecule has 0 fully saturated rings. The summed E-state index contributed by atoms with van der Waals surface area (Å²) in [5, 5.41) is 11.1. The third kappa shape index (κ3) is 5.44. The lowest BCUT2D eigenvalue weighted by Gasteiger charge is -2.31. The van der Waals surface area contributed by atoms with Crippen molar-refractivity contribution in [1.29, 1.82) is 0 Å². The van der Waals surface area contributed by atoms with Crippen LogP contribution in [0.4, 0.5) is 5.69 Å². The monoisotopic (exact) mass is 486 g/mol. The van der Waals surface area contributed by atoms with E-state index in [4.69, 9.17) is 4.74 Å². The predicted molar refractivity (Wildman–Crippen MR) is 133 cm³/mol. The average Bonchev–Trinajstić information content (AvgIpc) is 3.30. The van der Waals surface area contributed by atoms with E-state index in [-0.39, 0.29) is 18.9 Å². The number of rotatable bonds is 10. The Hall–Kier alpha value is -4.44. The Balaban J connectivity index is 1.80. The Bertz CT molecular complexity index is 1370. The van der Waals surface area contributed by atoms with Gasteiger partial charge < -0.3 is 10.1 Å². The number of anilines is 1. The minimum absolute atomic E-state index is 0.156. The summed E-state index contributed by atoms with van der Waals surface area (Å²) in [4.78, 5) is 45.0. The SMILES string of the molecule is COCCNC(=O)[C@H](c1ccncc1)N(C(=O)Cn1nnc2ccccc21)c1cccc(C(C)=O)c1. The highest BCUT2D eigenvalue weighted by Crippen LogP contribution is 2.29. The van der Waals surface area contributed by atoms with E-state index >= 15 is 0 Å². The fourth-order valence-electron chi connectivity index (χ4n) is 3.89. The molecule has 10 nitrogen and oxygen atoms in total.